The lowest BCUT2D eigenvalue weighted by molar-refractivity contribution is -0.123. The normalized spacial score (nSPS) is 13.2. The molecule has 0 aliphatic carbocycles. The van der Waals surface area contributed by atoms with Gasteiger partial charge in [-0.2, -0.15) is 0 Å². The van der Waals surface area contributed by atoms with E-state index in [0.29, 0.717) is 12.8 Å². The number of hydrogen-bond donors (Lipinski definition) is 3. The van der Waals surface area contributed by atoms with Gasteiger partial charge in [0, 0.05) is 6.42 Å². The highest BCUT2D eigenvalue weighted by Crippen LogP contribution is 2.14. The first-order valence-electron chi connectivity index (χ1n) is 15.2. The maximum Gasteiger partial charge on any atom is 0.220 e. The Morgan fingerprint density at radius 3 is 1.32 bits per heavy atom. The molecule has 0 radical (unpaired) electrons. The molecule has 0 bridgehead atoms. The van der Waals surface area contributed by atoms with Gasteiger partial charge in [0.15, 0.2) is 0 Å². The Balaban J connectivity index is 3.59. The van der Waals surface area contributed by atoms with Crippen molar-refractivity contribution < 1.29 is 15.0 Å². The van der Waals surface area contributed by atoms with Crippen LogP contribution in [0.5, 0.6) is 0 Å². The molecule has 0 saturated carbocycles. The van der Waals surface area contributed by atoms with E-state index >= 15 is 0 Å². The summed E-state index contributed by atoms with van der Waals surface area (Å²) in [7, 11) is 0. The van der Waals surface area contributed by atoms with E-state index in [2.05, 4.69) is 19.2 Å². The van der Waals surface area contributed by atoms with Gasteiger partial charge in [0.2, 0.25) is 5.91 Å². The zero-order chi connectivity index (χ0) is 25.1. The number of unbranched alkanes of at least 4 members (excludes halogenated alkanes) is 20. The zero-order valence-electron chi connectivity index (χ0n) is 23.1. The van der Waals surface area contributed by atoms with E-state index in [1.165, 1.54) is 116 Å². The molecule has 204 valence electrons. The summed E-state index contributed by atoms with van der Waals surface area (Å²) in [5.41, 5.74) is 0. The third-order valence-corrected chi connectivity index (χ3v) is 7.12. The van der Waals surface area contributed by atoms with Crippen molar-refractivity contribution in [2.75, 3.05) is 6.61 Å². The van der Waals surface area contributed by atoms with E-state index in [4.69, 9.17) is 0 Å². The van der Waals surface area contributed by atoms with Crippen LogP contribution >= 0.6 is 0 Å². The number of amides is 1. The van der Waals surface area contributed by atoms with Gasteiger partial charge in [-0.25, -0.2) is 0 Å². The maximum absolute atomic E-state index is 12.2. The van der Waals surface area contributed by atoms with Crippen molar-refractivity contribution in [3.8, 4) is 0 Å². The van der Waals surface area contributed by atoms with Crippen molar-refractivity contribution in [3.05, 3.63) is 0 Å². The molecule has 4 nitrogen and oxygen atoms in total. The molecule has 0 aliphatic heterocycles. The standard InChI is InChI=1S/C30H61NO3/c1-3-5-7-9-11-13-15-16-18-20-22-24-26-30(34)31-28(27-32)29(33)25-23-21-19-17-14-12-10-8-6-4-2/h28-29,32-33H,3-27H2,1-2H3,(H,31,34)/t28-,29+/m0/s1. The average molecular weight is 484 g/mol. The second kappa shape index (κ2) is 27.0. The second-order valence-corrected chi connectivity index (χ2v) is 10.5. The number of aliphatic hydroxyl groups is 2. The van der Waals surface area contributed by atoms with Crippen molar-refractivity contribution in [2.45, 2.75) is 180 Å². The molecule has 4 heteroatoms. The summed E-state index contributed by atoms with van der Waals surface area (Å²) in [6.07, 6.45) is 28.5. The Hall–Kier alpha value is -0.610. The van der Waals surface area contributed by atoms with E-state index < -0.39 is 12.1 Å². The van der Waals surface area contributed by atoms with E-state index in [1.54, 1.807) is 0 Å². The Bertz CT molecular complexity index is 416. The number of carbonyl (C=O) groups is 1. The second-order valence-electron chi connectivity index (χ2n) is 10.5. The first-order valence-corrected chi connectivity index (χ1v) is 15.2. The Labute approximate surface area is 213 Å². The van der Waals surface area contributed by atoms with Gasteiger partial charge in [-0.3, -0.25) is 4.79 Å². The minimum Gasteiger partial charge on any atom is -0.394 e. The minimum atomic E-state index is -0.648. The van der Waals surface area contributed by atoms with Crippen LogP contribution in [-0.2, 0) is 4.79 Å². The molecule has 0 heterocycles. The average Bonchev–Trinajstić information content (AvgIpc) is 2.84. The Morgan fingerprint density at radius 1 is 0.588 bits per heavy atom. The highest BCUT2D eigenvalue weighted by atomic mass is 16.3. The van der Waals surface area contributed by atoms with Crippen LogP contribution in [0.3, 0.4) is 0 Å². The van der Waals surface area contributed by atoms with Gasteiger partial charge in [-0.1, -0.05) is 149 Å². The lowest BCUT2D eigenvalue weighted by atomic mass is 10.0. The number of aliphatic hydroxyl groups excluding tert-OH is 2. The topological polar surface area (TPSA) is 69.6 Å². The van der Waals surface area contributed by atoms with Gasteiger partial charge in [0.25, 0.3) is 0 Å². The van der Waals surface area contributed by atoms with Crippen LogP contribution in [0, 0.1) is 0 Å². The first kappa shape index (κ1) is 33.4. The third kappa shape index (κ3) is 23.1. The molecule has 0 fully saturated rings. The number of rotatable bonds is 27. The molecular weight excluding hydrogens is 422 g/mol. The lowest BCUT2D eigenvalue weighted by Crippen LogP contribution is -2.45. The van der Waals surface area contributed by atoms with Gasteiger partial charge in [0.05, 0.1) is 18.8 Å². The van der Waals surface area contributed by atoms with Crippen LogP contribution < -0.4 is 5.32 Å². The molecule has 2 atom stereocenters. The fourth-order valence-corrected chi connectivity index (χ4v) is 4.71. The van der Waals surface area contributed by atoms with E-state index in [0.717, 1.165) is 25.7 Å². The minimum absolute atomic E-state index is 0.0340. The monoisotopic (exact) mass is 483 g/mol. The molecule has 0 unspecified atom stereocenters. The fourth-order valence-electron chi connectivity index (χ4n) is 4.71. The van der Waals surface area contributed by atoms with Crippen molar-refractivity contribution in [2.24, 2.45) is 0 Å². The van der Waals surface area contributed by atoms with Gasteiger partial charge >= 0.3 is 0 Å². The van der Waals surface area contributed by atoms with Crippen LogP contribution in [-0.4, -0.2) is 34.9 Å². The molecule has 0 aromatic carbocycles. The van der Waals surface area contributed by atoms with Crippen molar-refractivity contribution in [1.29, 1.82) is 0 Å². The van der Waals surface area contributed by atoms with Gasteiger partial charge in [0.1, 0.15) is 0 Å². The van der Waals surface area contributed by atoms with Crippen LogP contribution in [0.15, 0.2) is 0 Å². The van der Waals surface area contributed by atoms with E-state index in [1.807, 2.05) is 0 Å². The van der Waals surface area contributed by atoms with Crippen molar-refractivity contribution >= 4 is 5.91 Å². The summed E-state index contributed by atoms with van der Waals surface area (Å²) >= 11 is 0. The van der Waals surface area contributed by atoms with Crippen LogP contribution in [0.25, 0.3) is 0 Å². The van der Waals surface area contributed by atoms with Gasteiger partial charge in [-0.05, 0) is 12.8 Å². The van der Waals surface area contributed by atoms with Gasteiger partial charge < -0.3 is 15.5 Å². The summed E-state index contributed by atoms with van der Waals surface area (Å²) < 4.78 is 0. The highest BCUT2D eigenvalue weighted by Gasteiger charge is 2.19. The van der Waals surface area contributed by atoms with Crippen LogP contribution in [0.1, 0.15) is 168 Å². The van der Waals surface area contributed by atoms with E-state index in [9.17, 15) is 15.0 Å². The van der Waals surface area contributed by atoms with Crippen LogP contribution in [0.2, 0.25) is 0 Å². The zero-order valence-corrected chi connectivity index (χ0v) is 23.1. The molecule has 3 N–H and O–H groups in total. The quantitative estimate of drug-likeness (QED) is 0.103. The summed E-state index contributed by atoms with van der Waals surface area (Å²) in [5.74, 6) is -0.0340. The Morgan fingerprint density at radius 2 is 0.941 bits per heavy atom. The molecule has 0 aliphatic rings. The number of carbonyl (C=O) groups excluding carboxylic acids is 1. The molecule has 0 spiro atoms. The highest BCUT2D eigenvalue weighted by molar-refractivity contribution is 5.76. The van der Waals surface area contributed by atoms with Gasteiger partial charge in [-0.15, -0.1) is 0 Å². The van der Waals surface area contributed by atoms with Crippen molar-refractivity contribution in [3.63, 3.8) is 0 Å². The third-order valence-electron chi connectivity index (χ3n) is 7.12. The fraction of sp³-hybridized carbons (Fsp3) is 0.967. The lowest BCUT2D eigenvalue weighted by Gasteiger charge is -2.22. The predicted octanol–water partition coefficient (Wildman–Crippen LogP) is 8.23. The van der Waals surface area contributed by atoms with E-state index in [-0.39, 0.29) is 12.5 Å². The predicted molar refractivity (Wildman–Crippen MR) is 147 cm³/mol. The molecule has 0 rings (SSSR count). The van der Waals surface area contributed by atoms with Crippen molar-refractivity contribution in [1.82, 2.24) is 5.32 Å². The smallest absolute Gasteiger partial charge is 0.220 e. The number of hydrogen-bond acceptors (Lipinski definition) is 3. The molecule has 0 aromatic heterocycles. The molecule has 0 saturated heterocycles. The molecule has 34 heavy (non-hydrogen) atoms. The molecular formula is C30H61NO3. The summed E-state index contributed by atoms with van der Waals surface area (Å²) in [5, 5.41) is 22.8. The summed E-state index contributed by atoms with van der Waals surface area (Å²) in [6.45, 7) is 4.32. The molecule has 1 amide bonds. The Kier molecular flexibility index (Phi) is 26.5. The summed E-state index contributed by atoms with van der Waals surface area (Å²) in [6, 6.07) is -0.525. The number of nitrogens with one attached hydrogen (secondary N) is 1. The summed E-state index contributed by atoms with van der Waals surface area (Å²) in [4.78, 5) is 12.2. The molecule has 0 aromatic rings. The SMILES string of the molecule is CCCCCCCCCCCCCCC(=O)N[C@@H](CO)[C@H](O)CCCCCCCCCCCC. The first-order chi connectivity index (χ1) is 16.7. The van der Waals surface area contributed by atoms with Crippen LogP contribution in [0.4, 0.5) is 0 Å². The largest absolute Gasteiger partial charge is 0.394 e. The maximum atomic E-state index is 12.2.